The fourth-order valence-electron chi connectivity index (χ4n) is 4.84. The van der Waals surface area contributed by atoms with Crippen LogP contribution in [0.2, 0.25) is 0 Å². The Balaban J connectivity index is 1.72. The van der Waals surface area contributed by atoms with Crippen molar-refractivity contribution in [2.75, 3.05) is 26.3 Å². The van der Waals surface area contributed by atoms with Gasteiger partial charge in [-0.1, -0.05) is 43.2 Å². The molecular formula is C22H31NO4. The summed E-state index contributed by atoms with van der Waals surface area (Å²) in [6.07, 6.45) is 5.76. The Morgan fingerprint density at radius 1 is 1.07 bits per heavy atom. The summed E-state index contributed by atoms with van der Waals surface area (Å²) in [5.74, 6) is -0.570. The number of carbonyl (C=O) groups excluding carboxylic acids is 1. The molecule has 0 radical (unpaired) electrons. The second-order valence-corrected chi connectivity index (χ2v) is 7.98. The maximum atomic E-state index is 13.4. The average molecular weight is 373 g/mol. The number of hydrogen-bond acceptors (Lipinski definition) is 3. The molecule has 148 valence electrons. The van der Waals surface area contributed by atoms with Gasteiger partial charge in [-0.05, 0) is 44.6 Å². The Bertz CT molecular complexity index is 644. The van der Waals surface area contributed by atoms with E-state index in [9.17, 15) is 14.7 Å². The van der Waals surface area contributed by atoms with Gasteiger partial charge < -0.3 is 14.7 Å². The molecule has 0 bridgehead atoms. The smallest absolute Gasteiger partial charge is 0.314 e. The van der Waals surface area contributed by atoms with Crippen molar-refractivity contribution >= 4 is 11.9 Å². The molecule has 1 aliphatic heterocycles. The molecular weight excluding hydrogens is 342 g/mol. The highest BCUT2D eigenvalue weighted by Crippen LogP contribution is 2.44. The van der Waals surface area contributed by atoms with Gasteiger partial charge in [0.2, 0.25) is 5.91 Å². The monoisotopic (exact) mass is 373 g/mol. The third-order valence-corrected chi connectivity index (χ3v) is 6.58. The van der Waals surface area contributed by atoms with Crippen LogP contribution in [-0.4, -0.2) is 48.2 Å². The molecule has 0 unspecified atom stereocenters. The van der Waals surface area contributed by atoms with Crippen LogP contribution in [0.1, 0.15) is 57.4 Å². The largest absolute Gasteiger partial charge is 0.481 e. The number of benzene rings is 1. The third kappa shape index (κ3) is 3.88. The van der Waals surface area contributed by atoms with Crippen LogP contribution in [-0.2, 0) is 19.7 Å². The summed E-state index contributed by atoms with van der Waals surface area (Å²) in [4.78, 5) is 27.4. The topological polar surface area (TPSA) is 66.8 Å². The SMILES string of the molecule is CCOCCC1(C(=O)N2CCC(C(=O)O)(c3ccccc3)CC2)CCCC1. The number of amides is 1. The van der Waals surface area contributed by atoms with E-state index in [-0.39, 0.29) is 11.3 Å². The molecule has 3 rings (SSSR count). The van der Waals surface area contributed by atoms with Crippen molar-refractivity contribution < 1.29 is 19.4 Å². The normalized spacial score (nSPS) is 21.1. The first kappa shape index (κ1) is 19.9. The number of carbonyl (C=O) groups is 2. The van der Waals surface area contributed by atoms with E-state index in [2.05, 4.69) is 0 Å². The van der Waals surface area contributed by atoms with Crippen molar-refractivity contribution in [1.82, 2.24) is 4.90 Å². The van der Waals surface area contributed by atoms with E-state index in [1.165, 1.54) is 0 Å². The first-order chi connectivity index (χ1) is 13.0. The molecule has 27 heavy (non-hydrogen) atoms. The van der Waals surface area contributed by atoms with E-state index in [1.54, 1.807) is 0 Å². The zero-order valence-electron chi connectivity index (χ0n) is 16.3. The quantitative estimate of drug-likeness (QED) is 0.742. The van der Waals surface area contributed by atoms with E-state index in [0.29, 0.717) is 39.1 Å². The number of rotatable bonds is 7. The Morgan fingerprint density at radius 2 is 1.70 bits per heavy atom. The summed E-state index contributed by atoms with van der Waals surface area (Å²) in [6.45, 7) is 4.29. The Morgan fingerprint density at radius 3 is 2.26 bits per heavy atom. The molecule has 1 heterocycles. The Hall–Kier alpha value is -1.88. The van der Waals surface area contributed by atoms with Crippen LogP contribution >= 0.6 is 0 Å². The van der Waals surface area contributed by atoms with E-state index >= 15 is 0 Å². The number of carboxylic acid groups (broad SMARTS) is 1. The summed E-state index contributed by atoms with van der Waals surface area (Å²) in [5.41, 5.74) is -0.339. The Kier molecular flexibility index (Phi) is 6.20. The molecule has 2 fully saturated rings. The molecule has 1 aliphatic carbocycles. The number of ether oxygens (including phenoxy) is 1. The first-order valence-electron chi connectivity index (χ1n) is 10.2. The fraction of sp³-hybridized carbons (Fsp3) is 0.636. The lowest BCUT2D eigenvalue weighted by molar-refractivity contribution is -0.152. The molecule has 1 N–H and O–H groups in total. The van der Waals surface area contributed by atoms with Gasteiger partial charge in [-0.25, -0.2) is 0 Å². The molecule has 2 aliphatic rings. The van der Waals surface area contributed by atoms with Gasteiger partial charge in [0.1, 0.15) is 0 Å². The summed E-state index contributed by atoms with van der Waals surface area (Å²) in [6, 6.07) is 9.47. The molecule has 0 atom stereocenters. The van der Waals surface area contributed by atoms with Gasteiger partial charge in [0, 0.05) is 26.3 Å². The highest BCUT2D eigenvalue weighted by molar-refractivity contribution is 5.85. The molecule has 1 aromatic rings. The molecule has 0 aromatic heterocycles. The molecule has 1 aromatic carbocycles. The van der Waals surface area contributed by atoms with Gasteiger partial charge in [0.05, 0.1) is 10.8 Å². The lowest BCUT2D eigenvalue weighted by Gasteiger charge is -2.42. The molecule has 1 saturated carbocycles. The van der Waals surface area contributed by atoms with Gasteiger partial charge in [-0.15, -0.1) is 0 Å². The van der Waals surface area contributed by atoms with Crippen LogP contribution in [0.3, 0.4) is 0 Å². The number of hydrogen-bond donors (Lipinski definition) is 1. The van der Waals surface area contributed by atoms with Crippen molar-refractivity contribution in [2.45, 2.75) is 57.3 Å². The number of likely N-dealkylation sites (tertiary alicyclic amines) is 1. The second kappa shape index (κ2) is 8.42. The summed E-state index contributed by atoms with van der Waals surface area (Å²) >= 11 is 0. The van der Waals surface area contributed by atoms with Crippen molar-refractivity contribution in [3.63, 3.8) is 0 Å². The Labute approximate surface area is 161 Å². The van der Waals surface area contributed by atoms with Crippen LogP contribution in [0.4, 0.5) is 0 Å². The van der Waals surface area contributed by atoms with E-state index in [4.69, 9.17) is 4.74 Å². The minimum Gasteiger partial charge on any atom is -0.481 e. The number of nitrogens with zero attached hydrogens (tertiary/aromatic N) is 1. The van der Waals surface area contributed by atoms with Crippen LogP contribution in [0, 0.1) is 5.41 Å². The highest BCUT2D eigenvalue weighted by atomic mass is 16.5. The van der Waals surface area contributed by atoms with E-state index < -0.39 is 11.4 Å². The van der Waals surface area contributed by atoms with Crippen molar-refractivity contribution in [1.29, 1.82) is 0 Å². The van der Waals surface area contributed by atoms with Gasteiger partial charge >= 0.3 is 5.97 Å². The number of piperidine rings is 1. The molecule has 1 saturated heterocycles. The minimum atomic E-state index is -0.883. The van der Waals surface area contributed by atoms with Gasteiger partial charge in [0.25, 0.3) is 0 Å². The van der Waals surface area contributed by atoms with Crippen LogP contribution in [0.25, 0.3) is 0 Å². The summed E-state index contributed by atoms with van der Waals surface area (Å²) in [5, 5.41) is 9.95. The van der Waals surface area contributed by atoms with Crippen LogP contribution in [0.5, 0.6) is 0 Å². The zero-order valence-corrected chi connectivity index (χ0v) is 16.3. The molecule has 0 spiro atoms. The maximum absolute atomic E-state index is 13.4. The summed E-state index contributed by atoms with van der Waals surface area (Å²) in [7, 11) is 0. The second-order valence-electron chi connectivity index (χ2n) is 7.98. The fourth-order valence-corrected chi connectivity index (χ4v) is 4.84. The highest BCUT2D eigenvalue weighted by Gasteiger charge is 2.48. The van der Waals surface area contributed by atoms with Gasteiger partial charge in [-0.3, -0.25) is 9.59 Å². The predicted octanol–water partition coefficient (Wildman–Crippen LogP) is 3.62. The van der Waals surface area contributed by atoms with E-state index in [1.807, 2.05) is 42.2 Å². The van der Waals surface area contributed by atoms with Crippen molar-refractivity contribution in [3.05, 3.63) is 35.9 Å². The summed E-state index contributed by atoms with van der Waals surface area (Å²) < 4.78 is 5.53. The standard InChI is InChI=1S/C22H31NO4/c1-2-27-17-14-21(10-6-7-11-21)19(24)23-15-12-22(13-16-23,20(25)26)18-8-4-3-5-9-18/h3-5,8-9H,2,6-7,10-17H2,1H3,(H,25,26). The predicted molar refractivity (Wildman–Crippen MR) is 104 cm³/mol. The van der Waals surface area contributed by atoms with Gasteiger partial charge in [-0.2, -0.15) is 0 Å². The maximum Gasteiger partial charge on any atom is 0.314 e. The first-order valence-corrected chi connectivity index (χ1v) is 10.2. The van der Waals surface area contributed by atoms with Crippen LogP contribution < -0.4 is 0 Å². The third-order valence-electron chi connectivity index (χ3n) is 6.58. The minimum absolute atomic E-state index is 0.215. The van der Waals surface area contributed by atoms with Gasteiger partial charge in [0.15, 0.2) is 0 Å². The van der Waals surface area contributed by atoms with Crippen molar-refractivity contribution in [2.24, 2.45) is 5.41 Å². The van der Waals surface area contributed by atoms with Crippen molar-refractivity contribution in [3.8, 4) is 0 Å². The lowest BCUT2D eigenvalue weighted by atomic mass is 9.72. The van der Waals surface area contributed by atoms with Crippen LogP contribution in [0.15, 0.2) is 30.3 Å². The molecule has 5 nitrogen and oxygen atoms in total. The van der Waals surface area contributed by atoms with E-state index in [0.717, 1.165) is 37.7 Å². The average Bonchev–Trinajstić information content (AvgIpc) is 3.18. The zero-order chi connectivity index (χ0) is 19.3. The molecule has 1 amide bonds. The number of carboxylic acids is 1. The number of aliphatic carboxylic acids is 1. The lowest BCUT2D eigenvalue weighted by Crippen LogP contribution is -2.52. The molecule has 5 heteroatoms.